The fourth-order valence-corrected chi connectivity index (χ4v) is 1.38. The molecule has 0 N–H and O–H groups in total. The zero-order chi connectivity index (χ0) is 7.68. The van der Waals surface area contributed by atoms with Crippen molar-refractivity contribution in [1.29, 1.82) is 0 Å². The number of rotatable bonds is 0. The zero-order valence-electron chi connectivity index (χ0n) is 6.25. The van der Waals surface area contributed by atoms with Crippen molar-refractivity contribution in [3.63, 3.8) is 0 Å². The summed E-state index contributed by atoms with van der Waals surface area (Å²) in [4.78, 5) is 0. The van der Waals surface area contributed by atoms with Crippen LogP contribution in [0, 0.1) is 6.58 Å². The predicted molar refractivity (Wildman–Crippen MR) is 47.0 cm³/mol. The highest BCUT2D eigenvalue weighted by Gasteiger charge is 2.14. The molecular formula is C11H9+. The van der Waals surface area contributed by atoms with Gasteiger partial charge in [-0.05, 0) is 18.2 Å². The van der Waals surface area contributed by atoms with Gasteiger partial charge in [0.15, 0.2) is 5.57 Å². The average molecular weight is 141 g/mol. The summed E-state index contributed by atoms with van der Waals surface area (Å²) in [5.74, 6) is 0. The Morgan fingerprint density at radius 3 is 2.82 bits per heavy atom. The monoisotopic (exact) mass is 141 g/mol. The van der Waals surface area contributed by atoms with Gasteiger partial charge < -0.3 is 0 Å². The molecule has 0 fully saturated rings. The molecule has 0 spiro atoms. The fourth-order valence-electron chi connectivity index (χ4n) is 1.38. The Hall–Kier alpha value is -1.39. The molecule has 2 rings (SSSR count). The summed E-state index contributed by atoms with van der Waals surface area (Å²) in [6, 6.07) is 8.25. The molecule has 0 nitrogen and oxygen atoms in total. The van der Waals surface area contributed by atoms with Gasteiger partial charge in [-0.2, -0.15) is 0 Å². The normalized spacial score (nSPS) is 14.6. The second kappa shape index (κ2) is 2.34. The third kappa shape index (κ3) is 0.978. The highest BCUT2D eigenvalue weighted by Crippen LogP contribution is 2.23. The molecule has 0 radical (unpaired) electrons. The maximum absolute atomic E-state index is 5.78. The molecule has 0 aliphatic heterocycles. The van der Waals surface area contributed by atoms with Gasteiger partial charge in [-0.1, -0.05) is 6.07 Å². The van der Waals surface area contributed by atoms with Crippen LogP contribution in [0.25, 0.3) is 5.57 Å². The SMILES string of the molecule is [CH+]=C1C=CCc2ccccc21. The van der Waals surface area contributed by atoms with Crippen LogP contribution in [0.1, 0.15) is 11.1 Å². The first-order chi connectivity index (χ1) is 5.38. The first-order valence-corrected chi connectivity index (χ1v) is 3.75. The molecular weight excluding hydrogens is 132 g/mol. The van der Waals surface area contributed by atoms with Crippen molar-refractivity contribution < 1.29 is 0 Å². The molecule has 0 heteroatoms. The Morgan fingerprint density at radius 2 is 2.00 bits per heavy atom. The Morgan fingerprint density at radius 1 is 1.18 bits per heavy atom. The summed E-state index contributed by atoms with van der Waals surface area (Å²) < 4.78 is 0. The van der Waals surface area contributed by atoms with Gasteiger partial charge in [-0.15, -0.1) is 0 Å². The van der Waals surface area contributed by atoms with Crippen molar-refractivity contribution in [2.75, 3.05) is 0 Å². The van der Waals surface area contributed by atoms with Crippen LogP contribution in [0.2, 0.25) is 0 Å². The lowest BCUT2D eigenvalue weighted by atomic mass is 9.94. The minimum atomic E-state index is 0.881. The molecule has 11 heavy (non-hydrogen) atoms. The van der Waals surface area contributed by atoms with Gasteiger partial charge in [0.2, 0.25) is 0 Å². The molecule has 1 aromatic carbocycles. The van der Waals surface area contributed by atoms with E-state index in [4.69, 9.17) is 6.58 Å². The van der Waals surface area contributed by atoms with E-state index in [-0.39, 0.29) is 0 Å². The minimum absolute atomic E-state index is 0.881. The smallest absolute Gasteiger partial charge is 0.0596 e. The highest BCUT2D eigenvalue weighted by molar-refractivity contribution is 5.75. The van der Waals surface area contributed by atoms with Crippen molar-refractivity contribution in [2.45, 2.75) is 6.42 Å². The first-order valence-electron chi connectivity index (χ1n) is 3.75. The van der Waals surface area contributed by atoms with Gasteiger partial charge in [-0.3, -0.25) is 0 Å². The van der Waals surface area contributed by atoms with Crippen molar-refractivity contribution in [2.24, 2.45) is 0 Å². The van der Waals surface area contributed by atoms with Crippen molar-refractivity contribution in [1.82, 2.24) is 0 Å². The lowest BCUT2D eigenvalue weighted by Crippen LogP contribution is -1.94. The van der Waals surface area contributed by atoms with E-state index in [2.05, 4.69) is 18.2 Å². The van der Waals surface area contributed by atoms with E-state index in [1.54, 1.807) is 0 Å². The van der Waals surface area contributed by atoms with Gasteiger partial charge in [0.1, 0.15) is 0 Å². The van der Waals surface area contributed by atoms with Crippen LogP contribution in [0.3, 0.4) is 0 Å². The van der Waals surface area contributed by atoms with E-state index in [1.165, 1.54) is 11.1 Å². The van der Waals surface area contributed by atoms with Crippen LogP contribution in [-0.4, -0.2) is 0 Å². The van der Waals surface area contributed by atoms with Crippen LogP contribution in [0.15, 0.2) is 36.4 Å². The van der Waals surface area contributed by atoms with Gasteiger partial charge in [0.25, 0.3) is 0 Å². The van der Waals surface area contributed by atoms with Crippen LogP contribution in [-0.2, 0) is 6.42 Å². The summed E-state index contributed by atoms with van der Waals surface area (Å²) in [5, 5.41) is 0. The van der Waals surface area contributed by atoms with E-state index in [9.17, 15) is 0 Å². The summed E-state index contributed by atoms with van der Waals surface area (Å²) >= 11 is 0. The Labute approximate surface area is 66.9 Å². The van der Waals surface area contributed by atoms with E-state index in [0.717, 1.165) is 12.0 Å². The van der Waals surface area contributed by atoms with Gasteiger partial charge in [-0.25, -0.2) is 0 Å². The van der Waals surface area contributed by atoms with E-state index >= 15 is 0 Å². The third-order valence-corrected chi connectivity index (χ3v) is 1.96. The Balaban J connectivity index is 2.59. The van der Waals surface area contributed by atoms with E-state index < -0.39 is 0 Å². The maximum atomic E-state index is 5.78. The predicted octanol–water partition coefficient (Wildman–Crippen LogP) is 2.62. The Bertz CT molecular complexity index is 319. The van der Waals surface area contributed by atoms with Crippen LogP contribution >= 0.6 is 0 Å². The second-order valence-corrected chi connectivity index (χ2v) is 2.72. The topological polar surface area (TPSA) is 0 Å². The maximum Gasteiger partial charge on any atom is 0.187 e. The Kier molecular flexibility index (Phi) is 1.34. The fraction of sp³-hybridized carbons (Fsp3) is 0.0909. The molecule has 0 atom stereocenters. The quantitative estimate of drug-likeness (QED) is 0.487. The van der Waals surface area contributed by atoms with E-state index in [1.807, 2.05) is 18.2 Å². The zero-order valence-corrected chi connectivity index (χ0v) is 6.25. The molecule has 52 valence electrons. The second-order valence-electron chi connectivity index (χ2n) is 2.72. The van der Waals surface area contributed by atoms with Gasteiger partial charge >= 0.3 is 0 Å². The largest absolute Gasteiger partial charge is 0.187 e. The summed E-state index contributed by atoms with van der Waals surface area (Å²) in [6.45, 7) is 5.78. The van der Waals surface area contributed by atoms with Crippen LogP contribution in [0.4, 0.5) is 0 Å². The van der Waals surface area contributed by atoms with E-state index in [0.29, 0.717) is 0 Å². The molecule has 1 aromatic rings. The number of benzene rings is 1. The summed E-state index contributed by atoms with van der Waals surface area (Å²) in [7, 11) is 0. The molecule has 0 aromatic heterocycles. The number of hydrogen-bond acceptors (Lipinski definition) is 0. The molecule has 0 bridgehead atoms. The first kappa shape index (κ1) is 6.33. The van der Waals surface area contributed by atoms with Crippen molar-refractivity contribution >= 4 is 5.57 Å². The summed E-state index contributed by atoms with van der Waals surface area (Å²) in [6.07, 6.45) is 5.08. The standard InChI is InChI=1S/C11H9/c1-9-5-4-7-10-6-2-3-8-11(9)10/h1-6,8H,7H2/q+1. The molecule has 0 heterocycles. The molecule has 0 amide bonds. The van der Waals surface area contributed by atoms with Crippen LogP contribution < -0.4 is 0 Å². The minimum Gasteiger partial charge on any atom is -0.0596 e. The summed E-state index contributed by atoms with van der Waals surface area (Å²) in [5.41, 5.74) is 3.40. The molecule has 0 unspecified atom stereocenters. The van der Waals surface area contributed by atoms with Crippen LogP contribution in [0.5, 0.6) is 0 Å². The highest BCUT2D eigenvalue weighted by atomic mass is 14.1. The van der Waals surface area contributed by atoms with Crippen molar-refractivity contribution in [3.05, 3.63) is 54.1 Å². The molecule has 0 saturated heterocycles. The lowest BCUT2D eigenvalue weighted by Gasteiger charge is -2.02. The molecule has 0 saturated carbocycles. The average Bonchev–Trinajstić information content (AvgIpc) is 2.06. The number of allylic oxidation sites excluding steroid dienone is 3. The molecule has 1 aliphatic rings. The van der Waals surface area contributed by atoms with Gasteiger partial charge in [0.05, 0.1) is 11.6 Å². The number of fused-ring (bicyclic) bond motifs is 1. The lowest BCUT2D eigenvalue weighted by molar-refractivity contribution is 1.23. The van der Waals surface area contributed by atoms with Crippen molar-refractivity contribution in [3.8, 4) is 0 Å². The third-order valence-electron chi connectivity index (χ3n) is 1.96. The number of hydrogen-bond donors (Lipinski definition) is 0. The van der Waals surface area contributed by atoms with Gasteiger partial charge in [0, 0.05) is 24.6 Å². The molecule has 1 aliphatic carbocycles.